The number of rotatable bonds is 2. The van der Waals surface area contributed by atoms with Crippen molar-refractivity contribution < 1.29 is 27.2 Å². The second kappa shape index (κ2) is 6.51. The lowest BCUT2D eigenvalue weighted by Crippen LogP contribution is -2.50. The Hall–Kier alpha value is -2.36. The summed E-state index contributed by atoms with van der Waals surface area (Å²) < 4.78 is 43.3. The van der Waals surface area contributed by atoms with Crippen LogP contribution in [0.5, 0.6) is 0 Å². The summed E-state index contributed by atoms with van der Waals surface area (Å²) in [5, 5.41) is -1.03. The third-order valence-corrected chi connectivity index (χ3v) is 5.01. The molecule has 0 radical (unpaired) electrons. The van der Waals surface area contributed by atoms with Crippen molar-refractivity contribution in [3.63, 3.8) is 0 Å². The first kappa shape index (κ1) is 17.5. The maximum absolute atomic E-state index is 12.7. The van der Waals surface area contributed by atoms with Gasteiger partial charge in [-0.3, -0.25) is 9.59 Å². The van der Waals surface area contributed by atoms with E-state index in [1.165, 1.54) is 18.1 Å². The van der Waals surface area contributed by atoms with Crippen LogP contribution in [0.2, 0.25) is 0 Å². The average molecular weight is 373 g/mol. The van der Waals surface area contributed by atoms with E-state index in [-0.39, 0.29) is 48.4 Å². The highest BCUT2D eigenvalue weighted by Gasteiger charge is 2.37. The van der Waals surface area contributed by atoms with Crippen LogP contribution in [-0.4, -0.2) is 52.8 Å². The number of carbonyl (C=O) groups excluding carboxylic acids is 2. The number of piperazine rings is 1. The Kier molecular flexibility index (Phi) is 4.55. The van der Waals surface area contributed by atoms with E-state index in [4.69, 9.17) is 4.42 Å². The fourth-order valence-electron chi connectivity index (χ4n) is 2.53. The van der Waals surface area contributed by atoms with E-state index in [1.807, 2.05) is 0 Å². The number of hydrogen-bond donors (Lipinski definition) is 0. The number of aryl methyl sites for hydroxylation is 1. The molecule has 1 fully saturated rings. The zero-order valence-electron chi connectivity index (χ0n) is 13.2. The highest BCUT2D eigenvalue weighted by molar-refractivity contribution is 7.13. The number of aromatic nitrogens is 1. The molecule has 1 saturated heterocycles. The molecule has 0 aliphatic carbocycles. The van der Waals surface area contributed by atoms with Crippen LogP contribution in [0.25, 0.3) is 0 Å². The monoisotopic (exact) mass is 373 g/mol. The molecular formula is C15H14F3N3O3S. The predicted octanol–water partition coefficient (Wildman–Crippen LogP) is 2.66. The molecule has 0 unspecified atom stereocenters. The molecule has 0 atom stereocenters. The first-order valence-electron chi connectivity index (χ1n) is 7.44. The van der Waals surface area contributed by atoms with Gasteiger partial charge in [-0.15, -0.1) is 11.3 Å². The topological polar surface area (TPSA) is 66.7 Å². The summed E-state index contributed by atoms with van der Waals surface area (Å²) in [6.07, 6.45) is -3.17. The summed E-state index contributed by atoms with van der Waals surface area (Å²) in [6, 6.07) is 3.16. The minimum absolute atomic E-state index is 0.0156. The van der Waals surface area contributed by atoms with Gasteiger partial charge in [-0.1, -0.05) is 0 Å². The Morgan fingerprint density at radius 1 is 1.16 bits per heavy atom. The van der Waals surface area contributed by atoms with Gasteiger partial charge in [0.15, 0.2) is 10.8 Å². The van der Waals surface area contributed by atoms with Crippen LogP contribution in [0.1, 0.15) is 30.9 Å². The molecule has 0 spiro atoms. The molecule has 0 saturated carbocycles. The summed E-state index contributed by atoms with van der Waals surface area (Å²) in [5.41, 5.74) is 0.0661. The summed E-state index contributed by atoms with van der Waals surface area (Å²) in [6.45, 7) is 2.44. The van der Waals surface area contributed by atoms with Gasteiger partial charge >= 0.3 is 6.18 Å². The molecule has 1 aliphatic heterocycles. The van der Waals surface area contributed by atoms with Crippen molar-refractivity contribution in [3.05, 3.63) is 39.7 Å². The standard InChI is InChI=1S/C15H14F3N3O3S/c1-9-11(25-14(19-9)15(16,17)18)13(23)21-6-4-20(5-7-21)12(22)10-3-2-8-24-10/h2-3,8H,4-7H2,1H3. The van der Waals surface area contributed by atoms with E-state index in [9.17, 15) is 22.8 Å². The van der Waals surface area contributed by atoms with Crippen LogP contribution in [0.15, 0.2) is 22.8 Å². The van der Waals surface area contributed by atoms with Gasteiger partial charge in [-0.05, 0) is 19.1 Å². The Morgan fingerprint density at radius 3 is 2.24 bits per heavy atom. The number of halogens is 3. The first-order valence-corrected chi connectivity index (χ1v) is 8.25. The molecule has 1 aliphatic rings. The number of nitrogens with zero attached hydrogens (tertiary/aromatic N) is 3. The lowest BCUT2D eigenvalue weighted by Gasteiger charge is -2.34. The summed E-state index contributed by atoms with van der Waals surface area (Å²) >= 11 is 0.350. The van der Waals surface area contributed by atoms with Gasteiger partial charge in [0, 0.05) is 26.2 Å². The summed E-state index contributed by atoms with van der Waals surface area (Å²) in [5.74, 6) is -0.547. The quantitative estimate of drug-likeness (QED) is 0.812. The van der Waals surface area contributed by atoms with Gasteiger partial charge in [0.05, 0.1) is 12.0 Å². The van der Waals surface area contributed by atoms with Crippen molar-refractivity contribution in [1.82, 2.24) is 14.8 Å². The van der Waals surface area contributed by atoms with E-state index in [0.29, 0.717) is 11.3 Å². The van der Waals surface area contributed by atoms with Crippen LogP contribution in [0, 0.1) is 6.92 Å². The van der Waals surface area contributed by atoms with Crippen LogP contribution >= 0.6 is 11.3 Å². The molecule has 0 bridgehead atoms. The van der Waals surface area contributed by atoms with Gasteiger partial charge in [-0.25, -0.2) is 4.98 Å². The Bertz CT molecular complexity index is 778. The van der Waals surface area contributed by atoms with E-state index in [1.54, 1.807) is 17.0 Å². The number of hydrogen-bond acceptors (Lipinski definition) is 5. The van der Waals surface area contributed by atoms with Crippen LogP contribution in [-0.2, 0) is 6.18 Å². The second-order valence-corrected chi connectivity index (χ2v) is 6.49. The van der Waals surface area contributed by atoms with Crippen molar-refractivity contribution in [2.45, 2.75) is 13.1 Å². The van der Waals surface area contributed by atoms with Crippen molar-refractivity contribution in [2.24, 2.45) is 0 Å². The molecular weight excluding hydrogens is 359 g/mol. The van der Waals surface area contributed by atoms with Gasteiger partial charge in [-0.2, -0.15) is 13.2 Å². The third-order valence-electron chi connectivity index (χ3n) is 3.82. The Labute approximate surface area is 144 Å². The fourth-order valence-corrected chi connectivity index (χ4v) is 3.43. The lowest BCUT2D eigenvalue weighted by molar-refractivity contribution is -0.137. The van der Waals surface area contributed by atoms with Crippen molar-refractivity contribution >= 4 is 23.2 Å². The first-order chi connectivity index (χ1) is 11.8. The number of carbonyl (C=O) groups is 2. The van der Waals surface area contributed by atoms with Gasteiger partial charge in [0.2, 0.25) is 0 Å². The maximum Gasteiger partial charge on any atom is 0.443 e. The SMILES string of the molecule is Cc1nc(C(F)(F)F)sc1C(=O)N1CCN(C(=O)c2ccco2)CC1. The lowest BCUT2D eigenvalue weighted by atomic mass is 10.2. The molecule has 10 heteroatoms. The third kappa shape index (κ3) is 3.53. The molecule has 25 heavy (non-hydrogen) atoms. The van der Waals surface area contributed by atoms with E-state index in [2.05, 4.69) is 4.98 Å². The van der Waals surface area contributed by atoms with Crippen molar-refractivity contribution in [3.8, 4) is 0 Å². The molecule has 0 N–H and O–H groups in total. The number of amides is 2. The highest BCUT2D eigenvalue weighted by Crippen LogP contribution is 2.34. The summed E-state index contributed by atoms with van der Waals surface area (Å²) in [4.78, 5) is 31.1. The fraction of sp³-hybridized carbons (Fsp3) is 0.400. The minimum Gasteiger partial charge on any atom is -0.459 e. The molecule has 2 aromatic rings. The number of thiazole rings is 1. The van der Waals surface area contributed by atoms with Gasteiger partial charge < -0.3 is 14.2 Å². The zero-order valence-corrected chi connectivity index (χ0v) is 14.0. The average Bonchev–Trinajstić information content (AvgIpc) is 3.23. The Balaban J connectivity index is 1.66. The number of furan rings is 1. The molecule has 134 valence electrons. The summed E-state index contributed by atoms with van der Waals surface area (Å²) in [7, 11) is 0. The molecule has 2 aromatic heterocycles. The van der Waals surface area contributed by atoms with E-state index < -0.39 is 17.1 Å². The molecule has 0 aromatic carbocycles. The van der Waals surface area contributed by atoms with Gasteiger partial charge in [0.1, 0.15) is 4.88 Å². The molecule has 2 amide bonds. The van der Waals surface area contributed by atoms with Crippen LogP contribution in [0.3, 0.4) is 0 Å². The van der Waals surface area contributed by atoms with E-state index >= 15 is 0 Å². The van der Waals surface area contributed by atoms with Crippen LogP contribution in [0.4, 0.5) is 13.2 Å². The van der Waals surface area contributed by atoms with Crippen LogP contribution < -0.4 is 0 Å². The normalized spacial score (nSPS) is 15.5. The van der Waals surface area contributed by atoms with Gasteiger partial charge in [0.25, 0.3) is 11.8 Å². The Morgan fingerprint density at radius 2 is 1.76 bits per heavy atom. The molecule has 6 nitrogen and oxygen atoms in total. The molecule has 3 rings (SSSR count). The molecule has 3 heterocycles. The smallest absolute Gasteiger partial charge is 0.443 e. The van der Waals surface area contributed by atoms with E-state index in [0.717, 1.165) is 0 Å². The largest absolute Gasteiger partial charge is 0.459 e. The minimum atomic E-state index is -4.57. The highest BCUT2D eigenvalue weighted by atomic mass is 32.1. The zero-order chi connectivity index (χ0) is 18.2. The second-order valence-electron chi connectivity index (χ2n) is 5.49. The number of alkyl halides is 3. The van der Waals surface area contributed by atoms with Crippen molar-refractivity contribution in [1.29, 1.82) is 0 Å². The predicted molar refractivity (Wildman–Crippen MR) is 82.4 cm³/mol. The maximum atomic E-state index is 12.7. The van der Waals surface area contributed by atoms with Crippen molar-refractivity contribution in [2.75, 3.05) is 26.2 Å².